The molecule has 0 fully saturated rings. The fraction of sp³-hybridized carbons (Fsp3) is 0.333. The molecule has 0 aromatic carbocycles. The summed E-state index contributed by atoms with van der Waals surface area (Å²) in [7, 11) is 0. The molecule has 0 aromatic rings. The molecule has 154 valence electrons. The maximum Gasteiger partial charge on any atom is 0.142 e. The van der Waals surface area contributed by atoms with Crippen LogP contribution in [0.3, 0.4) is 0 Å². The van der Waals surface area contributed by atoms with E-state index >= 15 is 0 Å². The van der Waals surface area contributed by atoms with Crippen molar-refractivity contribution in [1.29, 1.82) is 0 Å². The van der Waals surface area contributed by atoms with E-state index in [4.69, 9.17) is 0 Å². The minimum absolute atomic E-state index is 0.0898. The monoisotopic (exact) mass is 390 g/mol. The third kappa shape index (κ3) is 9.34. The van der Waals surface area contributed by atoms with Crippen LogP contribution >= 0.6 is 0 Å². The topological polar surface area (TPSA) is 34.1 Å². The van der Waals surface area contributed by atoms with E-state index in [-0.39, 0.29) is 5.41 Å². The van der Waals surface area contributed by atoms with Gasteiger partial charge in [-0.15, -0.1) is 0 Å². The van der Waals surface area contributed by atoms with Gasteiger partial charge in [-0.1, -0.05) is 96.9 Å². The first-order chi connectivity index (χ1) is 13.7. The zero-order valence-corrected chi connectivity index (χ0v) is 18.7. The first-order valence-corrected chi connectivity index (χ1v) is 10.0. The third-order valence-corrected chi connectivity index (χ3v) is 4.79. The van der Waals surface area contributed by atoms with E-state index in [9.17, 15) is 9.59 Å². The third-order valence-electron chi connectivity index (χ3n) is 4.79. The van der Waals surface area contributed by atoms with E-state index in [1.807, 2.05) is 37.3 Å². The Morgan fingerprint density at radius 1 is 0.828 bits per heavy atom. The molecule has 0 saturated carbocycles. The van der Waals surface area contributed by atoms with Gasteiger partial charge in [-0.3, -0.25) is 9.59 Å². The van der Waals surface area contributed by atoms with Crippen LogP contribution in [0.1, 0.15) is 54.4 Å². The molecule has 29 heavy (non-hydrogen) atoms. The van der Waals surface area contributed by atoms with E-state index in [2.05, 4.69) is 58.9 Å². The zero-order valence-electron chi connectivity index (χ0n) is 18.7. The molecule has 0 aromatic heterocycles. The van der Waals surface area contributed by atoms with E-state index in [1.165, 1.54) is 17.2 Å². The van der Waals surface area contributed by atoms with Crippen molar-refractivity contribution in [3.8, 4) is 0 Å². The highest BCUT2D eigenvalue weighted by Gasteiger charge is 2.30. The number of carbonyl (C=O) groups excluding carboxylic acids is 2. The Kier molecular flexibility index (Phi) is 10.0. The maximum atomic E-state index is 11.8. The normalized spacial score (nSPS) is 19.5. The Bertz CT molecular complexity index is 847. The molecule has 2 nitrogen and oxygen atoms in total. The van der Waals surface area contributed by atoms with Crippen molar-refractivity contribution < 1.29 is 9.59 Å². The van der Waals surface area contributed by atoms with Gasteiger partial charge in [-0.05, 0) is 44.8 Å². The highest BCUT2D eigenvalue weighted by Crippen LogP contribution is 2.39. The number of allylic oxidation sites excluding steroid dienone is 16. The highest BCUT2D eigenvalue weighted by molar-refractivity contribution is 5.84. The van der Waals surface area contributed by atoms with Gasteiger partial charge in [0.2, 0.25) is 0 Å². The van der Waals surface area contributed by atoms with Crippen molar-refractivity contribution in [2.24, 2.45) is 5.41 Å². The lowest BCUT2D eigenvalue weighted by molar-refractivity contribution is -0.120. The largest absolute Gasteiger partial charge is 0.299 e. The fourth-order valence-electron chi connectivity index (χ4n) is 3.33. The summed E-state index contributed by atoms with van der Waals surface area (Å²) in [5.41, 5.74) is 5.71. The van der Waals surface area contributed by atoms with Crippen molar-refractivity contribution in [3.05, 3.63) is 94.7 Å². The van der Waals surface area contributed by atoms with Crippen LogP contribution < -0.4 is 0 Å². The molecule has 1 rings (SSSR count). The van der Waals surface area contributed by atoms with E-state index in [0.717, 1.165) is 23.0 Å². The van der Waals surface area contributed by atoms with Gasteiger partial charge < -0.3 is 0 Å². The Balaban J connectivity index is 2.72. The number of Topliss-reactive ketones (excluding diaryl/α,β-unsaturated/α-hetero) is 1. The van der Waals surface area contributed by atoms with Crippen LogP contribution in [0.15, 0.2) is 94.7 Å². The summed E-state index contributed by atoms with van der Waals surface area (Å²) >= 11 is 0. The quantitative estimate of drug-likeness (QED) is 0.255. The Morgan fingerprint density at radius 2 is 1.34 bits per heavy atom. The number of hydrogen-bond acceptors (Lipinski definition) is 2. The number of rotatable bonds is 8. The number of hydrogen-bond donors (Lipinski definition) is 0. The van der Waals surface area contributed by atoms with Gasteiger partial charge in [0.25, 0.3) is 0 Å². The smallest absolute Gasteiger partial charge is 0.142 e. The first kappa shape index (κ1) is 24.3. The molecule has 1 aliphatic rings. The van der Waals surface area contributed by atoms with Gasteiger partial charge in [0.15, 0.2) is 0 Å². The second-order valence-electron chi connectivity index (χ2n) is 8.27. The van der Waals surface area contributed by atoms with E-state index in [0.29, 0.717) is 18.6 Å². The van der Waals surface area contributed by atoms with Gasteiger partial charge in [-0.25, -0.2) is 0 Å². The Labute approximate surface area is 176 Å². The number of aldehydes is 1. The van der Waals surface area contributed by atoms with Crippen LogP contribution in [0, 0.1) is 5.41 Å². The van der Waals surface area contributed by atoms with Gasteiger partial charge in [0.05, 0.1) is 0 Å². The van der Waals surface area contributed by atoms with E-state index < -0.39 is 0 Å². The fourth-order valence-corrected chi connectivity index (χ4v) is 3.33. The second kappa shape index (κ2) is 12.0. The average Bonchev–Trinajstić information content (AvgIpc) is 2.62. The Morgan fingerprint density at radius 3 is 1.90 bits per heavy atom. The lowest BCUT2D eigenvalue weighted by atomic mass is 9.72. The maximum absolute atomic E-state index is 11.8. The summed E-state index contributed by atoms with van der Waals surface area (Å²) in [6.45, 7) is 12.4. The van der Waals surface area contributed by atoms with Crippen LogP contribution in [0.4, 0.5) is 0 Å². The van der Waals surface area contributed by atoms with Crippen molar-refractivity contribution in [2.75, 3.05) is 0 Å². The first-order valence-electron chi connectivity index (χ1n) is 10.0. The van der Waals surface area contributed by atoms with Crippen LogP contribution in [0.5, 0.6) is 0 Å². The molecule has 0 bridgehead atoms. The molecule has 0 radical (unpaired) electrons. The SMILES string of the molecule is CC1=C(/C=C/C(C)=C/C=C/C(C)=C/C=C/C=C(C)/C=C/C=O)C(C)(C)CC(=O)C1. The second-order valence-corrected chi connectivity index (χ2v) is 8.27. The lowest BCUT2D eigenvalue weighted by Gasteiger charge is -2.32. The standard InChI is InChI=1S/C27H34O2/c1-21(11-7-8-12-22(2)15-10-18-28)13-9-14-23(3)16-17-26-24(4)19-25(29)20-27(26,5)6/h7-18H,19-20H2,1-6H3/b8-7+,13-9+,15-10+,17-16+,21-11+,22-12+,23-14+. The zero-order chi connectivity index (χ0) is 21.9. The molecule has 0 unspecified atom stereocenters. The summed E-state index contributed by atoms with van der Waals surface area (Å²) in [6.07, 6.45) is 23.7. The van der Waals surface area contributed by atoms with E-state index in [1.54, 1.807) is 6.08 Å². The number of carbonyl (C=O) groups is 2. The summed E-state index contributed by atoms with van der Waals surface area (Å²) in [5, 5.41) is 0. The minimum Gasteiger partial charge on any atom is -0.299 e. The van der Waals surface area contributed by atoms with Crippen molar-refractivity contribution in [3.63, 3.8) is 0 Å². The van der Waals surface area contributed by atoms with Crippen molar-refractivity contribution in [1.82, 2.24) is 0 Å². The van der Waals surface area contributed by atoms with Gasteiger partial charge in [0, 0.05) is 12.8 Å². The van der Waals surface area contributed by atoms with Crippen LogP contribution in [-0.2, 0) is 9.59 Å². The van der Waals surface area contributed by atoms with Crippen molar-refractivity contribution >= 4 is 12.1 Å². The van der Waals surface area contributed by atoms with Crippen LogP contribution in [0.25, 0.3) is 0 Å². The summed E-state index contributed by atoms with van der Waals surface area (Å²) < 4.78 is 0. The molecule has 0 heterocycles. The van der Waals surface area contributed by atoms with Gasteiger partial charge in [-0.2, -0.15) is 0 Å². The van der Waals surface area contributed by atoms with Crippen LogP contribution in [-0.4, -0.2) is 12.1 Å². The lowest BCUT2D eigenvalue weighted by Crippen LogP contribution is -2.25. The predicted molar refractivity (Wildman–Crippen MR) is 125 cm³/mol. The number of ketones is 1. The van der Waals surface area contributed by atoms with Gasteiger partial charge in [0.1, 0.15) is 12.1 Å². The summed E-state index contributed by atoms with van der Waals surface area (Å²) in [5.74, 6) is 0.333. The molecule has 2 heteroatoms. The highest BCUT2D eigenvalue weighted by atomic mass is 16.1. The Hall–Kier alpha value is -2.74. The molecular formula is C27H34O2. The molecule has 1 aliphatic carbocycles. The van der Waals surface area contributed by atoms with Gasteiger partial charge >= 0.3 is 0 Å². The van der Waals surface area contributed by atoms with Crippen molar-refractivity contribution in [2.45, 2.75) is 54.4 Å². The molecule has 0 aliphatic heterocycles. The molecule has 0 saturated heterocycles. The molecule has 0 atom stereocenters. The summed E-state index contributed by atoms with van der Waals surface area (Å²) in [6, 6.07) is 0. The molecule has 0 N–H and O–H groups in total. The minimum atomic E-state index is -0.0898. The molecule has 0 spiro atoms. The molecule has 0 amide bonds. The van der Waals surface area contributed by atoms with Crippen LogP contribution in [0.2, 0.25) is 0 Å². The predicted octanol–water partition coefficient (Wildman–Crippen LogP) is 6.95. The average molecular weight is 391 g/mol. The summed E-state index contributed by atoms with van der Waals surface area (Å²) in [4.78, 5) is 22.1. The molecular weight excluding hydrogens is 356 g/mol.